The Morgan fingerprint density at radius 3 is 2.82 bits per heavy atom. The van der Waals surface area contributed by atoms with E-state index in [0.29, 0.717) is 0 Å². The molecule has 1 nitrogen and oxygen atoms in total. The van der Waals surface area contributed by atoms with Crippen molar-refractivity contribution in [3.63, 3.8) is 0 Å². The molecule has 0 unspecified atom stereocenters. The first kappa shape index (κ1) is 8.85. The van der Waals surface area contributed by atoms with Crippen LogP contribution in [0.15, 0.2) is 24.3 Å². The zero-order valence-corrected chi connectivity index (χ0v) is 7.49. The summed E-state index contributed by atoms with van der Waals surface area (Å²) in [6.07, 6.45) is 0.907. The van der Waals surface area contributed by atoms with Gasteiger partial charge in [0.1, 0.15) is 0 Å². The second-order valence-corrected chi connectivity index (χ2v) is 2.97. The maximum Gasteiger partial charge on any atom is 0.0408 e. The Morgan fingerprint density at radius 2 is 2.18 bits per heavy atom. The van der Waals surface area contributed by atoms with Crippen LogP contribution in [-0.2, 0) is 6.42 Å². The van der Waals surface area contributed by atoms with E-state index in [1.54, 1.807) is 0 Å². The topological polar surface area (TPSA) is 12.0 Å². The van der Waals surface area contributed by atoms with Gasteiger partial charge in [0.25, 0.3) is 0 Å². The molecule has 0 aliphatic heterocycles. The predicted molar refractivity (Wildman–Crippen MR) is 49.0 cm³/mol. The highest BCUT2D eigenvalue weighted by Gasteiger charge is 1.92. The molecule has 1 aromatic carbocycles. The fraction of sp³-hybridized carbons (Fsp3) is 0.250. The molecule has 0 amide bonds. The van der Waals surface area contributed by atoms with E-state index in [-0.39, 0.29) is 0 Å². The van der Waals surface area contributed by atoms with Gasteiger partial charge in [0.15, 0.2) is 0 Å². The number of halogens is 2. The maximum atomic E-state index is 5.77. The van der Waals surface area contributed by atoms with Gasteiger partial charge in [-0.3, -0.25) is 0 Å². The zero-order valence-electron chi connectivity index (χ0n) is 5.98. The average molecular weight is 190 g/mol. The second kappa shape index (κ2) is 4.60. The van der Waals surface area contributed by atoms with Gasteiger partial charge < -0.3 is 0 Å². The first-order valence-electron chi connectivity index (χ1n) is 3.41. The molecule has 11 heavy (non-hydrogen) atoms. The third kappa shape index (κ3) is 3.10. The first-order valence-corrected chi connectivity index (χ1v) is 4.16. The van der Waals surface area contributed by atoms with Gasteiger partial charge in [0, 0.05) is 11.6 Å². The molecule has 0 spiro atoms. The Hall–Kier alpha value is -0.240. The molecule has 1 rings (SSSR count). The van der Waals surface area contributed by atoms with Crippen LogP contribution >= 0.6 is 23.4 Å². The Labute approximate surface area is 76.4 Å². The molecule has 1 N–H and O–H groups in total. The van der Waals surface area contributed by atoms with Gasteiger partial charge in [-0.25, -0.2) is 4.84 Å². The Kier molecular flexibility index (Phi) is 3.70. The molecule has 0 fully saturated rings. The molecule has 0 heterocycles. The van der Waals surface area contributed by atoms with E-state index in [1.165, 1.54) is 5.56 Å². The quantitative estimate of drug-likeness (QED) is 0.722. The maximum absolute atomic E-state index is 5.77. The highest BCUT2D eigenvalue weighted by Crippen LogP contribution is 2.10. The third-order valence-corrected chi connectivity index (χ3v) is 1.82. The molecule has 0 atom stereocenters. The fourth-order valence-electron chi connectivity index (χ4n) is 0.884. The summed E-state index contributed by atoms with van der Waals surface area (Å²) < 4.78 is 0. The molecule has 0 saturated carbocycles. The predicted octanol–water partition coefficient (Wildman–Crippen LogP) is 2.63. The van der Waals surface area contributed by atoms with Crippen molar-refractivity contribution in [2.45, 2.75) is 6.42 Å². The molecule has 60 valence electrons. The van der Waals surface area contributed by atoms with E-state index in [9.17, 15) is 0 Å². The van der Waals surface area contributed by atoms with Crippen molar-refractivity contribution in [3.8, 4) is 0 Å². The molecule has 0 radical (unpaired) electrons. The Balaban J connectivity index is 2.56. The van der Waals surface area contributed by atoms with Crippen LogP contribution in [0.1, 0.15) is 5.56 Å². The minimum absolute atomic E-state index is 0.766. The van der Waals surface area contributed by atoms with Crippen molar-refractivity contribution in [1.29, 1.82) is 0 Å². The highest BCUT2D eigenvalue weighted by atomic mass is 35.5. The normalized spacial score (nSPS) is 10.0. The van der Waals surface area contributed by atoms with Crippen LogP contribution < -0.4 is 4.84 Å². The Morgan fingerprint density at radius 1 is 1.36 bits per heavy atom. The molecule has 0 saturated heterocycles. The third-order valence-electron chi connectivity index (χ3n) is 1.40. The lowest BCUT2D eigenvalue weighted by Crippen LogP contribution is -2.03. The molecule has 3 heteroatoms. The van der Waals surface area contributed by atoms with Crippen LogP contribution in [0.4, 0.5) is 0 Å². The van der Waals surface area contributed by atoms with E-state index >= 15 is 0 Å². The largest absolute Gasteiger partial charge is 0.233 e. The number of hydrogen-bond acceptors (Lipinski definition) is 1. The van der Waals surface area contributed by atoms with Gasteiger partial charge in [-0.15, -0.1) is 0 Å². The van der Waals surface area contributed by atoms with Gasteiger partial charge in [0.2, 0.25) is 0 Å². The van der Waals surface area contributed by atoms with Gasteiger partial charge in [-0.1, -0.05) is 23.7 Å². The SMILES string of the molecule is ClNCCc1cccc(Cl)c1. The van der Waals surface area contributed by atoms with Crippen molar-refractivity contribution in [3.05, 3.63) is 34.9 Å². The van der Waals surface area contributed by atoms with Crippen molar-refractivity contribution in [2.75, 3.05) is 6.54 Å². The summed E-state index contributed by atoms with van der Waals surface area (Å²) in [4.78, 5) is 2.56. The van der Waals surface area contributed by atoms with Crippen molar-refractivity contribution in [2.24, 2.45) is 0 Å². The Bertz CT molecular complexity index is 225. The lowest BCUT2D eigenvalue weighted by molar-refractivity contribution is 0.899. The summed E-state index contributed by atoms with van der Waals surface area (Å²) in [5.74, 6) is 0. The summed E-state index contributed by atoms with van der Waals surface area (Å²) in [7, 11) is 0. The van der Waals surface area contributed by atoms with Crippen molar-refractivity contribution >= 4 is 23.4 Å². The van der Waals surface area contributed by atoms with Gasteiger partial charge in [0.05, 0.1) is 0 Å². The molecule has 0 aromatic heterocycles. The minimum atomic E-state index is 0.766. The molecule has 1 aromatic rings. The number of nitrogens with one attached hydrogen (secondary N) is 1. The van der Waals surface area contributed by atoms with Crippen LogP contribution in [0.2, 0.25) is 5.02 Å². The van der Waals surface area contributed by atoms with Gasteiger partial charge >= 0.3 is 0 Å². The van der Waals surface area contributed by atoms with Crippen LogP contribution in [0.3, 0.4) is 0 Å². The first-order chi connectivity index (χ1) is 5.33. The number of rotatable bonds is 3. The van der Waals surface area contributed by atoms with Gasteiger partial charge in [-0.05, 0) is 35.9 Å². The summed E-state index contributed by atoms with van der Waals surface area (Å²) >= 11 is 11.1. The molecule has 0 bridgehead atoms. The average Bonchev–Trinajstić information content (AvgIpc) is 2.01. The van der Waals surface area contributed by atoms with Crippen LogP contribution in [0.25, 0.3) is 0 Å². The lowest BCUT2D eigenvalue weighted by Gasteiger charge is -1.98. The van der Waals surface area contributed by atoms with E-state index in [4.69, 9.17) is 23.4 Å². The van der Waals surface area contributed by atoms with Crippen LogP contribution in [0, 0.1) is 0 Å². The van der Waals surface area contributed by atoms with Crippen molar-refractivity contribution in [1.82, 2.24) is 4.84 Å². The van der Waals surface area contributed by atoms with Crippen LogP contribution in [0.5, 0.6) is 0 Å². The monoisotopic (exact) mass is 189 g/mol. The highest BCUT2D eigenvalue weighted by molar-refractivity contribution is 6.30. The van der Waals surface area contributed by atoms with Crippen LogP contribution in [-0.4, -0.2) is 6.54 Å². The van der Waals surface area contributed by atoms with Crippen molar-refractivity contribution < 1.29 is 0 Å². The van der Waals surface area contributed by atoms with E-state index in [2.05, 4.69) is 4.84 Å². The van der Waals surface area contributed by atoms with E-state index in [0.717, 1.165) is 18.0 Å². The summed E-state index contributed by atoms with van der Waals surface area (Å²) in [6, 6.07) is 7.76. The summed E-state index contributed by atoms with van der Waals surface area (Å²) in [5.41, 5.74) is 1.20. The fourth-order valence-corrected chi connectivity index (χ4v) is 1.19. The molecular formula is C8H9Cl2N. The molecule has 0 aliphatic rings. The van der Waals surface area contributed by atoms with E-state index < -0.39 is 0 Å². The summed E-state index contributed by atoms with van der Waals surface area (Å²) in [5, 5.41) is 0.775. The number of benzene rings is 1. The standard InChI is InChI=1S/C8H9Cl2N/c9-8-3-1-2-7(6-8)4-5-11-10/h1-3,6,11H,4-5H2. The zero-order chi connectivity index (χ0) is 8.10. The smallest absolute Gasteiger partial charge is 0.0408 e. The minimum Gasteiger partial charge on any atom is -0.233 e. The second-order valence-electron chi connectivity index (χ2n) is 2.26. The lowest BCUT2D eigenvalue weighted by atomic mass is 10.2. The molecular weight excluding hydrogens is 181 g/mol. The van der Waals surface area contributed by atoms with Gasteiger partial charge in [-0.2, -0.15) is 0 Å². The summed E-state index contributed by atoms with van der Waals surface area (Å²) in [6.45, 7) is 0.766. The van der Waals surface area contributed by atoms with E-state index in [1.807, 2.05) is 24.3 Å². The molecule has 0 aliphatic carbocycles. The number of hydrogen-bond donors (Lipinski definition) is 1.